The number of amides is 1. The lowest BCUT2D eigenvalue weighted by Crippen LogP contribution is -2.28. The SMILES string of the molecule is CN(Cc1ccc(F)cc1F)C(=O)c1ccccc1NS(=O)(=O)c1cccc2nsnc12. The van der Waals surface area contributed by atoms with E-state index in [4.69, 9.17) is 0 Å². The molecule has 3 aromatic carbocycles. The molecule has 0 saturated heterocycles. The van der Waals surface area contributed by atoms with Crippen LogP contribution in [0.5, 0.6) is 0 Å². The molecule has 0 atom stereocenters. The van der Waals surface area contributed by atoms with E-state index in [0.29, 0.717) is 5.52 Å². The van der Waals surface area contributed by atoms with Gasteiger partial charge in [0.25, 0.3) is 15.9 Å². The first-order valence-electron chi connectivity index (χ1n) is 9.29. The van der Waals surface area contributed by atoms with Crippen LogP contribution in [0, 0.1) is 11.6 Å². The van der Waals surface area contributed by atoms with E-state index in [1.165, 1.54) is 36.2 Å². The second-order valence-electron chi connectivity index (χ2n) is 6.94. The number of aromatic nitrogens is 2. The van der Waals surface area contributed by atoms with Gasteiger partial charge in [0.15, 0.2) is 0 Å². The van der Waals surface area contributed by atoms with Gasteiger partial charge in [0.1, 0.15) is 27.6 Å². The average molecular weight is 475 g/mol. The highest BCUT2D eigenvalue weighted by Crippen LogP contribution is 2.26. The Kier molecular flexibility index (Phi) is 5.85. The number of rotatable bonds is 6. The van der Waals surface area contributed by atoms with E-state index in [0.717, 1.165) is 23.9 Å². The summed E-state index contributed by atoms with van der Waals surface area (Å²) in [5.74, 6) is -2.03. The Morgan fingerprint density at radius 3 is 2.62 bits per heavy atom. The second-order valence-corrected chi connectivity index (χ2v) is 9.12. The highest BCUT2D eigenvalue weighted by Gasteiger charge is 2.23. The van der Waals surface area contributed by atoms with Gasteiger partial charge in [-0.05, 0) is 30.3 Å². The Morgan fingerprint density at radius 1 is 1.06 bits per heavy atom. The molecule has 0 spiro atoms. The summed E-state index contributed by atoms with van der Waals surface area (Å²) in [6, 6.07) is 13.8. The van der Waals surface area contributed by atoms with Gasteiger partial charge in [-0.3, -0.25) is 9.52 Å². The van der Waals surface area contributed by atoms with Crippen LogP contribution in [0.15, 0.2) is 65.6 Å². The summed E-state index contributed by atoms with van der Waals surface area (Å²) < 4.78 is 63.7. The van der Waals surface area contributed by atoms with Crippen molar-refractivity contribution in [2.24, 2.45) is 0 Å². The maximum Gasteiger partial charge on any atom is 0.264 e. The predicted octanol–water partition coefficient (Wildman–Crippen LogP) is 4.04. The van der Waals surface area contributed by atoms with Gasteiger partial charge in [-0.15, -0.1) is 0 Å². The maximum absolute atomic E-state index is 14.0. The summed E-state index contributed by atoms with van der Waals surface area (Å²) in [5, 5.41) is 0. The zero-order valence-corrected chi connectivity index (χ0v) is 18.3. The van der Waals surface area contributed by atoms with Crippen LogP contribution in [0.1, 0.15) is 15.9 Å². The lowest BCUT2D eigenvalue weighted by molar-refractivity contribution is 0.0785. The molecular weight excluding hydrogens is 458 g/mol. The third kappa shape index (κ3) is 4.30. The van der Waals surface area contributed by atoms with E-state index in [9.17, 15) is 22.0 Å². The van der Waals surface area contributed by atoms with E-state index in [2.05, 4.69) is 13.5 Å². The number of hydrogen-bond donors (Lipinski definition) is 1. The first kappa shape index (κ1) is 21.8. The van der Waals surface area contributed by atoms with Gasteiger partial charge >= 0.3 is 0 Å². The molecule has 0 radical (unpaired) electrons. The minimum Gasteiger partial charge on any atom is -0.337 e. The highest BCUT2D eigenvalue weighted by atomic mass is 32.2. The fraction of sp³-hybridized carbons (Fsp3) is 0.0952. The first-order chi connectivity index (χ1) is 15.3. The fourth-order valence-electron chi connectivity index (χ4n) is 3.14. The number of sulfonamides is 1. The molecule has 4 rings (SSSR count). The van der Waals surface area contributed by atoms with Gasteiger partial charge < -0.3 is 4.90 Å². The Balaban J connectivity index is 1.62. The average Bonchev–Trinajstić information content (AvgIpc) is 3.24. The van der Waals surface area contributed by atoms with Crippen LogP contribution in [-0.2, 0) is 16.6 Å². The van der Waals surface area contributed by atoms with Crippen LogP contribution in [0.2, 0.25) is 0 Å². The molecule has 0 aliphatic rings. The van der Waals surface area contributed by atoms with Crippen LogP contribution in [0.3, 0.4) is 0 Å². The van der Waals surface area contributed by atoms with Crippen molar-refractivity contribution in [2.45, 2.75) is 11.4 Å². The molecule has 1 heterocycles. The van der Waals surface area contributed by atoms with Crippen LogP contribution in [0.4, 0.5) is 14.5 Å². The molecule has 0 aliphatic carbocycles. The van der Waals surface area contributed by atoms with E-state index >= 15 is 0 Å². The van der Waals surface area contributed by atoms with Gasteiger partial charge in [-0.2, -0.15) is 8.75 Å². The number of hydrogen-bond acceptors (Lipinski definition) is 6. The van der Waals surface area contributed by atoms with Crippen molar-refractivity contribution < 1.29 is 22.0 Å². The number of para-hydroxylation sites is 1. The number of fused-ring (bicyclic) bond motifs is 1. The molecule has 164 valence electrons. The monoisotopic (exact) mass is 474 g/mol. The van der Waals surface area contributed by atoms with Gasteiger partial charge in [-0.1, -0.05) is 24.3 Å². The summed E-state index contributed by atoms with van der Waals surface area (Å²) in [4.78, 5) is 14.2. The summed E-state index contributed by atoms with van der Waals surface area (Å²) in [6.45, 7) is -0.129. The number of nitrogens with zero attached hydrogens (tertiary/aromatic N) is 3. The smallest absolute Gasteiger partial charge is 0.264 e. The highest BCUT2D eigenvalue weighted by molar-refractivity contribution is 7.93. The number of halogens is 2. The molecule has 1 amide bonds. The van der Waals surface area contributed by atoms with Gasteiger partial charge in [0.2, 0.25) is 0 Å². The van der Waals surface area contributed by atoms with Crippen molar-refractivity contribution in [2.75, 3.05) is 11.8 Å². The normalized spacial score (nSPS) is 11.5. The van der Waals surface area contributed by atoms with Crippen molar-refractivity contribution in [3.8, 4) is 0 Å². The molecule has 11 heteroatoms. The number of nitrogens with one attached hydrogen (secondary N) is 1. The molecule has 0 bridgehead atoms. The van der Waals surface area contributed by atoms with Crippen LogP contribution in [-0.4, -0.2) is 35.0 Å². The van der Waals surface area contributed by atoms with E-state index < -0.39 is 27.6 Å². The van der Waals surface area contributed by atoms with Gasteiger partial charge in [0.05, 0.1) is 23.0 Å². The van der Waals surface area contributed by atoms with Gasteiger partial charge in [-0.25, -0.2) is 17.2 Å². The molecule has 7 nitrogen and oxygen atoms in total. The number of benzene rings is 3. The minimum absolute atomic E-state index is 0.0594. The standard InChI is InChI=1S/C21H16F2N4O3S2/c1-27(12-13-9-10-14(22)11-16(13)23)21(28)15-5-2-3-6-17(15)26-32(29,30)19-8-4-7-18-20(19)25-31-24-18/h2-11,26H,12H2,1H3. The molecule has 4 aromatic rings. The van der Waals surface area contributed by atoms with Crippen molar-refractivity contribution in [3.63, 3.8) is 0 Å². The molecule has 0 unspecified atom stereocenters. The zero-order chi connectivity index (χ0) is 22.9. The van der Waals surface area contributed by atoms with Crippen molar-refractivity contribution in [1.82, 2.24) is 13.6 Å². The minimum atomic E-state index is -4.08. The van der Waals surface area contributed by atoms with Crippen molar-refractivity contribution >= 4 is 44.4 Å². The number of carbonyl (C=O) groups excluding carboxylic acids is 1. The topological polar surface area (TPSA) is 92.3 Å². The van der Waals surface area contributed by atoms with Crippen LogP contribution >= 0.6 is 11.7 Å². The summed E-state index contributed by atoms with van der Waals surface area (Å²) in [5.41, 5.74) is 0.942. The van der Waals surface area contributed by atoms with Crippen LogP contribution < -0.4 is 4.72 Å². The summed E-state index contributed by atoms with van der Waals surface area (Å²) >= 11 is 0.897. The van der Waals surface area contributed by atoms with Crippen molar-refractivity contribution in [1.29, 1.82) is 0 Å². The Bertz CT molecular complexity index is 1420. The van der Waals surface area contributed by atoms with E-state index in [1.807, 2.05) is 0 Å². The molecule has 0 saturated carbocycles. The molecule has 1 aromatic heterocycles. The van der Waals surface area contributed by atoms with Crippen molar-refractivity contribution in [3.05, 3.63) is 83.4 Å². The van der Waals surface area contributed by atoms with Gasteiger partial charge in [0, 0.05) is 25.2 Å². The quantitative estimate of drug-likeness (QED) is 0.455. The maximum atomic E-state index is 14.0. The molecule has 32 heavy (non-hydrogen) atoms. The Hall–Kier alpha value is -3.44. The Morgan fingerprint density at radius 2 is 1.84 bits per heavy atom. The fourth-order valence-corrected chi connectivity index (χ4v) is 4.99. The number of anilines is 1. The largest absolute Gasteiger partial charge is 0.337 e. The second kappa shape index (κ2) is 8.60. The molecule has 0 aliphatic heterocycles. The number of carbonyl (C=O) groups is 1. The third-order valence-corrected chi connectivity index (χ3v) is 6.65. The molecule has 0 fully saturated rings. The lowest BCUT2D eigenvalue weighted by Gasteiger charge is -2.20. The molecule has 1 N–H and O–H groups in total. The van der Waals surface area contributed by atoms with Crippen LogP contribution in [0.25, 0.3) is 11.0 Å². The lowest BCUT2D eigenvalue weighted by atomic mass is 10.1. The molecular formula is C21H16F2N4O3S2. The summed E-state index contributed by atoms with van der Waals surface area (Å²) in [6.07, 6.45) is 0. The van der Waals surface area contributed by atoms with E-state index in [-0.39, 0.29) is 33.8 Å². The first-order valence-corrected chi connectivity index (χ1v) is 11.5. The van der Waals surface area contributed by atoms with E-state index in [1.54, 1.807) is 24.3 Å². The third-order valence-electron chi connectivity index (χ3n) is 4.71. The summed E-state index contributed by atoms with van der Waals surface area (Å²) in [7, 11) is -2.64. The predicted molar refractivity (Wildman–Crippen MR) is 117 cm³/mol. The zero-order valence-electron chi connectivity index (χ0n) is 16.6. The Labute approximate surface area is 186 Å².